The van der Waals surface area contributed by atoms with E-state index >= 15 is 0 Å². The van der Waals surface area contributed by atoms with Crippen molar-refractivity contribution in [1.29, 1.82) is 0 Å². The quantitative estimate of drug-likeness (QED) is 0.903. The summed E-state index contributed by atoms with van der Waals surface area (Å²) >= 11 is 3.47. The Kier molecular flexibility index (Phi) is 4.10. The number of nitrogens with one attached hydrogen (secondary N) is 1. The molecule has 110 valence electrons. The van der Waals surface area contributed by atoms with Crippen LogP contribution in [0.5, 0.6) is 0 Å². The van der Waals surface area contributed by atoms with E-state index in [1.54, 1.807) is 0 Å². The van der Waals surface area contributed by atoms with E-state index in [9.17, 15) is 4.79 Å². The van der Waals surface area contributed by atoms with Crippen molar-refractivity contribution in [2.45, 2.75) is 32.4 Å². The summed E-state index contributed by atoms with van der Waals surface area (Å²) in [5.74, 6) is 0.615. The summed E-state index contributed by atoms with van der Waals surface area (Å²) in [4.78, 5) is 12.2. The molecular formula is C16H18BrN3O. The number of hydrogen-bond acceptors (Lipinski definition) is 2. The van der Waals surface area contributed by atoms with Crippen molar-refractivity contribution in [3.63, 3.8) is 0 Å². The first-order chi connectivity index (χ1) is 10.2. The molecule has 1 N–H and O–H groups in total. The maximum absolute atomic E-state index is 12.2. The largest absolute Gasteiger partial charge is 0.350 e. The molecule has 1 aromatic heterocycles. The molecule has 1 aromatic carbocycles. The molecule has 0 aliphatic heterocycles. The predicted molar refractivity (Wildman–Crippen MR) is 84.7 cm³/mol. The Hall–Kier alpha value is -1.62. The van der Waals surface area contributed by atoms with Gasteiger partial charge < -0.3 is 5.32 Å². The van der Waals surface area contributed by atoms with Crippen LogP contribution in [0, 0.1) is 5.92 Å². The second kappa shape index (κ2) is 6.02. The number of aromatic nitrogens is 2. The van der Waals surface area contributed by atoms with E-state index < -0.39 is 0 Å². The van der Waals surface area contributed by atoms with E-state index in [1.807, 2.05) is 36.0 Å². The van der Waals surface area contributed by atoms with Crippen LogP contribution in [0.2, 0.25) is 0 Å². The van der Waals surface area contributed by atoms with Gasteiger partial charge in [-0.05, 0) is 40.8 Å². The van der Waals surface area contributed by atoms with Gasteiger partial charge in [-0.2, -0.15) is 5.10 Å². The maximum Gasteiger partial charge on any atom is 0.224 e. The molecule has 1 heterocycles. The number of carbonyl (C=O) groups is 1. The van der Waals surface area contributed by atoms with E-state index in [-0.39, 0.29) is 11.8 Å². The Labute approximate surface area is 132 Å². The van der Waals surface area contributed by atoms with E-state index in [1.165, 1.54) is 5.56 Å². The van der Waals surface area contributed by atoms with Gasteiger partial charge in [0.25, 0.3) is 0 Å². The lowest BCUT2D eigenvalue weighted by atomic mass is 10.1. The molecule has 1 saturated carbocycles. The van der Waals surface area contributed by atoms with Crippen molar-refractivity contribution < 1.29 is 4.79 Å². The Morgan fingerprint density at radius 3 is 2.86 bits per heavy atom. The molecule has 0 radical (unpaired) electrons. The minimum absolute atomic E-state index is 0.111. The third-order valence-corrected chi connectivity index (χ3v) is 4.56. The van der Waals surface area contributed by atoms with E-state index in [0.29, 0.717) is 12.5 Å². The summed E-state index contributed by atoms with van der Waals surface area (Å²) in [6, 6.07) is 10.2. The van der Waals surface area contributed by atoms with Crippen LogP contribution in [-0.2, 0) is 17.9 Å². The zero-order valence-corrected chi connectivity index (χ0v) is 13.5. The first kappa shape index (κ1) is 14.3. The Morgan fingerprint density at radius 1 is 1.43 bits per heavy atom. The molecule has 1 fully saturated rings. The fourth-order valence-electron chi connectivity index (χ4n) is 2.57. The first-order valence-electron chi connectivity index (χ1n) is 7.23. The fourth-order valence-corrected chi connectivity index (χ4v) is 3.03. The highest BCUT2D eigenvalue weighted by Gasteiger charge is 2.43. The summed E-state index contributed by atoms with van der Waals surface area (Å²) < 4.78 is 2.80. The number of nitrogens with zero attached hydrogens (tertiary/aromatic N) is 2. The van der Waals surface area contributed by atoms with Crippen LogP contribution in [0.1, 0.15) is 30.5 Å². The van der Waals surface area contributed by atoms with Crippen molar-refractivity contribution in [3.8, 4) is 0 Å². The molecule has 4 nitrogen and oxygen atoms in total. The van der Waals surface area contributed by atoms with Gasteiger partial charge in [0.1, 0.15) is 0 Å². The zero-order chi connectivity index (χ0) is 14.8. The van der Waals surface area contributed by atoms with Gasteiger partial charge >= 0.3 is 0 Å². The number of amides is 1. The van der Waals surface area contributed by atoms with Crippen molar-refractivity contribution >= 4 is 21.8 Å². The molecule has 3 rings (SSSR count). The van der Waals surface area contributed by atoms with Gasteiger partial charge in [-0.25, -0.2) is 0 Å². The monoisotopic (exact) mass is 347 g/mol. The molecule has 2 atom stereocenters. The van der Waals surface area contributed by atoms with Crippen molar-refractivity contribution in [3.05, 3.63) is 52.3 Å². The second-order valence-electron chi connectivity index (χ2n) is 5.36. The molecule has 1 amide bonds. The molecule has 0 spiro atoms. The van der Waals surface area contributed by atoms with Gasteiger partial charge in [0, 0.05) is 18.7 Å². The summed E-state index contributed by atoms with van der Waals surface area (Å²) in [7, 11) is 0. The lowest BCUT2D eigenvalue weighted by Gasteiger charge is -2.04. The summed E-state index contributed by atoms with van der Waals surface area (Å²) in [6.07, 6.45) is 2.88. The average molecular weight is 348 g/mol. The Morgan fingerprint density at radius 2 is 2.19 bits per heavy atom. The number of aryl methyl sites for hydroxylation is 1. The summed E-state index contributed by atoms with van der Waals surface area (Å²) in [6.45, 7) is 3.34. The van der Waals surface area contributed by atoms with Crippen LogP contribution in [0.25, 0.3) is 0 Å². The third-order valence-electron chi connectivity index (χ3n) is 3.90. The number of rotatable bonds is 5. The smallest absolute Gasteiger partial charge is 0.224 e. The van der Waals surface area contributed by atoms with Gasteiger partial charge in [-0.3, -0.25) is 9.48 Å². The Bertz CT molecular complexity index is 638. The average Bonchev–Trinajstić information content (AvgIpc) is 3.23. The van der Waals surface area contributed by atoms with Crippen molar-refractivity contribution in [1.82, 2.24) is 15.1 Å². The SMILES string of the molecule is CCn1cc(Br)c(CNC(=O)C2CC2c2ccccc2)n1. The van der Waals surface area contributed by atoms with E-state index in [4.69, 9.17) is 0 Å². The first-order valence-corrected chi connectivity index (χ1v) is 8.02. The number of hydrogen-bond donors (Lipinski definition) is 1. The molecule has 5 heteroatoms. The highest BCUT2D eigenvalue weighted by Crippen LogP contribution is 2.47. The summed E-state index contributed by atoms with van der Waals surface area (Å²) in [5, 5.41) is 7.41. The predicted octanol–water partition coefficient (Wildman–Crippen LogP) is 3.09. The molecule has 0 saturated heterocycles. The molecule has 2 aromatic rings. The minimum Gasteiger partial charge on any atom is -0.350 e. The van der Waals surface area contributed by atoms with Crippen molar-refractivity contribution in [2.75, 3.05) is 0 Å². The van der Waals surface area contributed by atoms with Gasteiger partial charge in [-0.15, -0.1) is 0 Å². The number of benzene rings is 1. The normalized spacial score (nSPS) is 20.3. The van der Waals surface area contributed by atoms with Crippen LogP contribution in [0.4, 0.5) is 0 Å². The third kappa shape index (κ3) is 3.18. The zero-order valence-electron chi connectivity index (χ0n) is 11.9. The van der Waals surface area contributed by atoms with Crippen LogP contribution in [-0.4, -0.2) is 15.7 Å². The van der Waals surface area contributed by atoms with Crippen molar-refractivity contribution in [2.24, 2.45) is 5.92 Å². The molecule has 1 aliphatic rings. The highest BCUT2D eigenvalue weighted by molar-refractivity contribution is 9.10. The lowest BCUT2D eigenvalue weighted by Crippen LogP contribution is -2.25. The van der Waals surface area contributed by atoms with Crippen LogP contribution in [0.15, 0.2) is 41.0 Å². The fraction of sp³-hybridized carbons (Fsp3) is 0.375. The van der Waals surface area contributed by atoms with Gasteiger partial charge in [0.2, 0.25) is 5.91 Å². The van der Waals surface area contributed by atoms with Gasteiger partial charge in [0.05, 0.1) is 16.7 Å². The second-order valence-corrected chi connectivity index (χ2v) is 6.21. The number of halogens is 1. The Balaban J connectivity index is 1.55. The maximum atomic E-state index is 12.2. The van der Waals surface area contributed by atoms with Gasteiger partial charge in [0.15, 0.2) is 0 Å². The van der Waals surface area contributed by atoms with Crippen LogP contribution >= 0.6 is 15.9 Å². The van der Waals surface area contributed by atoms with E-state index in [0.717, 1.165) is 23.1 Å². The van der Waals surface area contributed by atoms with Crippen LogP contribution in [0.3, 0.4) is 0 Å². The summed E-state index contributed by atoms with van der Waals surface area (Å²) in [5.41, 5.74) is 2.14. The molecule has 21 heavy (non-hydrogen) atoms. The standard InChI is InChI=1S/C16H18BrN3O/c1-2-20-10-14(17)15(19-20)9-18-16(21)13-8-12(13)11-6-4-3-5-7-11/h3-7,10,12-13H,2,8-9H2,1H3,(H,18,21). The molecule has 1 aliphatic carbocycles. The molecule has 0 bridgehead atoms. The minimum atomic E-state index is 0.111. The highest BCUT2D eigenvalue weighted by atomic mass is 79.9. The number of carbonyl (C=O) groups excluding carboxylic acids is 1. The van der Waals surface area contributed by atoms with E-state index in [2.05, 4.69) is 38.5 Å². The van der Waals surface area contributed by atoms with Gasteiger partial charge in [-0.1, -0.05) is 30.3 Å². The molecular weight excluding hydrogens is 330 g/mol. The molecule has 2 unspecified atom stereocenters. The topological polar surface area (TPSA) is 46.9 Å². The lowest BCUT2D eigenvalue weighted by molar-refractivity contribution is -0.122. The van der Waals surface area contributed by atoms with Crippen LogP contribution < -0.4 is 5.32 Å².